The first-order valence-corrected chi connectivity index (χ1v) is 4.50. The minimum Gasteiger partial charge on any atom is -0.469 e. The first kappa shape index (κ1) is 11.4. The van der Waals surface area contributed by atoms with Crippen LogP contribution in [-0.2, 0) is 9.53 Å². The van der Waals surface area contributed by atoms with Gasteiger partial charge >= 0.3 is 5.97 Å². The smallest absolute Gasteiger partial charge is 0.308 e. The van der Waals surface area contributed by atoms with Crippen molar-refractivity contribution in [1.82, 2.24) is 0 Å². The van der Waals surface area contributed by atoms with Gasteiger partial charge in [-0.05, 0) is 19.9 Å². The van der Waals surface area contributed by atoms with Crippen molar-refractivity contribution in [2.75, 3.05) is 14.2 Å². The molecule has 0 saturated heterocycles. The van der Waals surface area contributed by atoms with Crippen LogP contribution in [0.4, 0.5) is 0 Å². The number of rotatable bonds is 1. The zero-order chi connectivity index (χ0) is 9.40. The Labute approximate surface area is 74.3 Å². The summed E-state index contributed by atoms with van der Waals surface area (Å²) in [4.78, 5) is 10.9. The normalized spacial score (nSPS) is 17.6. The number of nitrogens with two attached hydrogens (primary N) is 1. The zero-order valence-corrected chi connectivity index (χ0v) is 8.01. The molecule has 0 aliphatic heterocycles. The van der Waals surface area contributed by atoms with E-state index in [1.165, 1.54) is 33.4 Å². The van der Waals surface area contributed by atoms with E-state index in [2.05, 4.69) is 10.5 Å². The van der Waals surface area contributed by atoms with Crippen molar-refractivity contribution < 1.29 is 9.53 Å². The monoisotopic (exact) mass is 173 g/mol. The van der Waals surface area contributed by atoms with Gasteiger partial charge in [0.25, 0.3) is 0 Å². The summed E-state index contributed by atoms with van der Waals surface area (Å²) in [5.41, 5.74) is 4.50. The highest BCUT2D eigenvalue weighted by Crippen LogP contribution is 2.24. The standard InChI is InChI=1S/C8H14O2.CH5N/c1-10-8(9)7-5-3-2-4-6-7;1-2/h7H,2-6H2,1H3;2H2,1H3. The van der Waals surface area contributed by atoms with Crippen molar-refractivity contribution in [2.45, 2.75) is 32.1 Å². The second-order valence-electron chi connectivity index (χ2n) is 2.86. The molecule has 0 spiro atoms. The Morgan fingerprint density at radius 3 is 2.17 bits per heavy atom. The van der Waals surface area contributed by atoms with Gasteiger partial charge in [-0.25, -0.2) is 0 Å². The molecule has 72 valence electrons. The third-order valence-electron chi connectivity index (χ3n) is 2.14. The van der Waals surface area contributed by atoms with Gasteiger partial charge in [-0.3, -0.25) is 4.79 Å². The largest absolute Gasteiger partial charge is 0.469 e. The van der Waals surface area contributed by atoms with Crippen LogP contribution >= 0.6 is 0 Å². The van der Waals surface area contributed by atoms with Gasteiger partial charge in [0, 0.05) is 0 Å². The number of esters is 1. The van der Waals surface area contributed by atoms with Crippen molar-refractivity contribution in [3.8, 4) is 0 Å². The van der Waals surface area contributed by atoms with Crippen LogP contribution in [0, 0.1) is 5.92 Å². The third-order valence-corrected chi connectivity index (χ3v) is 2.14. The van der Waals surface area contributed by atoms with Gasteiger partial charge in [0.1, 0.15) is 0 Å². The summed E-state index contributed by atoms with van der Waals surface area (Å²) >= 11 is 0. The highest BCUT2D eigenvalue weighted by molar-refractivity contribution is 5.72. The average molecular weight is 173 g/mol. The summed E-state index contributed by atoms with van der Waals surface area (Å²) in [6.45, 7) is 0. The van der Waals surface area contributed by atoms with E-state index < -0.39 is 0 Å². The molecule has 12 heavy (non-hydrogen) atoms. The molecule has 0 heterocycles. The van der Waals surface area contributed by atoms with E-state index in [1.54, 1.807) is 0 Å². The van der Waals surface area contributed by atoms with Crippen molar-refractivity contribution in [2.24, 2.45) is 11.7 Å². The molecule has 1 aliphatic carbocycles. The fourth-order valence-electron chi connectivity index (χ4n) is 1.50. The zero-order valence-electron chi connectivity index (χ0n) is 8.01. The molecule has 1 saturated carbocycles. The van der Waals surface area contributed by atoms with Crippen LogP contribution in [0.25, 0.3) is 0 Å². The molecule has 1 rings (SSSR count). The lowest BCUT2D eigenvalue weighted by atomic mass is 9.89. The first-order chi connectivity index (χ1) is 5.84. The second kappa shape index (κ2) is 7.10. The van der Waals surface area contributed by atoms with Gasteiger partial charge in [-0.15, -0.1) is 0 Å². The number of ether oxygens (including phenoxy) is 1. The maximum absolute atomic E-state index is 10.9. The molecule has 0 bridgehead atoms. The molecule has 3 heteroatoms. The number of carbonyl (C=O) groups is 1. The summed E-state index contributed by atoms with van der Waals surface area (Å²) in [5, 5.41) is 0. The Morgan fingerprint density at radius 1 is 1.25 bits per heavy atom. The van der Waals surface area contributed by atoms with Crippen LogP contribution in [0.2, 0.25) is 0 Å². The Hall–Kier alpha value is -0.570. The van der Waals surface area contributed by atoms with Crippen LogP contribution in [0.15, 0.2) is 0 Å². The first-order valence-electron chi connectivity index (χ1n) is 4.50. The van der Waals surface area contributed by atoms with Gasteiger partial charge in [-0.2, -0.15) is 0 Å². The summed E-state index contributed by atoms with van der Waals surface area (Å²) in [7, 11) is 2.97. The van der Waals surface area contributed by atoms with E-state index in [0.717, 1.165) is 12.8 Å². The second-order valence-corrected chi connectivity index (χ2v) is 2.86. The Balaban J connectivity index is 0.000000561. The number of methoxy groups -OCH3 is 1. The van der Waals surface area contributed by atoms with Gasteiger partial charge in [0.05, 0.1) is 13.0 Å². The number of carbonyl (C=O) groups excluding carboxylic acids is 1. The maximum atomic E-state index is 10.9. The van der Waals surface area contributed by atoms with Crippen molar-refractivity contribution in [3.05, 3.63) is 0 Å². The van der Waals surface area contributed by atoms with E-state index in [1.807, 2.05) is 0 Å². The van der Waals surface area contributed by atoms with Crippen molar-refractivity contribution in [1.29, 1.82) is 0 Å². The lowest BCUT2D eigenvalue weighted by Gasteiger charge is -2.18. The Kier molecular flexibility index (Phi) is 6.76. The van der Waals surface area contributed by atoms with Crippen molar-refractivity contribution >= 4 is 5.97 Å². The topological polar surface area (TPSA) is 52.3 Å². The molecule has 1 fully saturated rings. The van der Waals surface area contributed by atoms with E-state index in [0.29, 0.717) is 0 Å². The van der Waals surface area contributed by atoms with Crippen LogP contribution < -0.4 is 5.73 Å². The van der Waals surface area contributed by atoms with Gasteiger partial charge in [-0.1, -0.05) is 19.3 Å². The van der Waals surface area contributed by atoms with Crippen LogP contribution in [0.5, 0.6) is 0 Å². The van der Waals surface area contributed by atoms with Crippen LogP contribution in [0.3, 0.4) is 0 Å². The molecule has 0 aromatic rings. The SMILES string of the molecule is CN.COC(=O)C1CCCCC1. The highest BCUT2D eigenvalue weighted by Gasteiger charge is 2.20. The Morgan fingerprint density at radius 2 is 1.75 bits per heavy atom. The molecular formula is C9H19NO2. The molecule has 0 aromatic heterocycles. The van der Waals surface area contributed by atoms with Gasteiger partial charge in [0.2, 0.25) is 0 Å². The molecule has 1 aliphatic rings. The number of hydrogen-bond donors (Lipinski definition) is 1. The molecule has 0 amide bonds. The van der Waals surface area contributed by atoms with E-state index >= 15 is 0 Å². The lowest BCUT2D eigenvalue weighted by molar-refractivity contribution is -0.146. The predicted molar refractivity (Wildman–Crippen MR) is 48.7 cm³/mol. The molecule has 3 nitrogen and oxygen atoms in total. The molecular weight excluding hydrogens is 154 g/mol. The molecule has 0 aromatic carbocycles. The predicted octanol–water partition coefficient (Wildman–Crippen LogP) is 1.31. The van der Waals surface area contributed by atoms with Gasteiger partial charge < -0.3 is 10.5 Å². The summed E-state index contributed by atoms with van der Waals surface area (Å²) < 4.78 is 4.65. The molecule has 0 unspecified atom stereocenters. The minimum atomic E-state index is -0.0142. The minimum absolute atomic E-state index is 0.0142. The Bertz CT molecular complexity index is 120. The number of hydrogen-bond acceptors (Lipinski definition) is 3. The fraction of sp³-hybridized carbons (Fsp3) is 0.889. The van der Waals surface area contributed by atoms with Crippen molar-refractivity contribution in [3.63, 3.8) is 0 Å². The van der Waals surface area contributed by atoms with Gasteiger partial charge in [0.15, 0.2) is 0 Å². The van der Waals surface area contributed by atoms with E-state index in [4.69, 9.17) is 0 Å². The highest BCUT2D eigenvalue weighted by atomic mass is 16.5. The van der Waals surface area contributed by atoms with Crippen LogP contribution in [0.1, 0.15) is 32.1 Å². The molecule has 0 atom stereocenters. The average Bonchev–Trinajstić information content (AvgIpc) is 2.21. The quantitative estimate of drug-likeness (QED) is 0.608. The molecule has 0 radical (unpaired) electrons. The summed E-state index contributed by atoms with van der Waals surface area (Å²) in [6, 6.07) is 0. The summed E-state index contributed by atoms with van der Waals surface area (Å²) in [6.07, 6.45) is 5.74. The van der Waals surface area contributed by atoms with E-state index in [-0.39, 0.29) is 11.9 Å². The van der Waals surface area contributed by atoms with Crippen LogP contribution in [-0.4, -0.2) is 20.1 Å². The fourth-order valence-corrected chi connectivity index (χ4v) is 1.50. The molecule has 2 N–H and O–H groups in total. The van der Waals surface area contributed by atoms with E-state index in [9.17, 15) is 4.79 Å². The third kappa shape index (κ3) is 3.72. The summed E-state index contributed by atoms with van der Waals surface area (Å²) in [5.74, 6) is 0.193. The maximum Gasteiger partial charge on any atom is 0.308 e. The lowest BCUT2D eigenvalue weighted by Crippen LogP contribution is -2.18.